The molecule has 2 amide bonds. The summed E-state index contributed by atoms with van der Waals surface area (Å²) in [6.07, 6.45) is 0.420. The van der Waals surface area contributed by atoms with Crippen molar-refractivity contribution in [3.05, 3.63) is 74.6 Å². The molecule has 0 saturated carbocycles. The minimum Gasteiger partial charge on any atom is -0.310 e. The molecule has 164 valence electrons. The molecule has 0 fully saturated rings. The smallest absolute Gasteiger partial charge is 0.231 e. The Kier molecular flexibility index (Phi) is 6.48. The number of thiazole rings is 1. The number of nitrogens with zero attached hydrogens (tertiary/aromatic N) is 3. The Balaban J connectivity index is 1.40. The van der Waals surface area contributed by atoms with Gasteiger partial charge in [0.1, 0.15) is 5.82 Å². The second-order valence-corrected chi connectivity index (χ2v) is 9.49. The van der Waals surface area contributed by atoms with E-state index in [0.29, 0.717) is 23.1 Å². The molecule has 0 unspecified atom stereocenters. The van der Waals surface area contributed by atoms with Crippen molar-refractivity contribution in [2.45, 2.75) is 33.6 Å². The summed E-state index contributed by atoms with van der Waals surface area (Å²) in [4.78, 5) is 30.2. The van der Waals surface area contributed by atoms with Crippen molar-refractivity contribution < 1.29 is 9.59 Å². The number of rotatable bonds is 7. The zero-order chi connectivity index (χ0) is 22.7. The fourth-order valence-electron chi connectivity index (χ4n) is 3.39. The molecule has 0 aliphatic heterocycles. The minimum absolute atomic E-state index is 0.106. The summed E-state index contributed by atoms with van der Waals surface area (Å²) in [6.45, 7) is 5.95. The third kappa shape index (κ3) is 5.49. The number of hydrogen-bond donors (Lipinski definition) is 2. The van der Waals surface area contributed by atoms with Crippen molar-refractivity contribution in [1.29, 1.82) is 0 Å². The molecule has 0 saturated heterocycles. The molecule has 4 aromatic rings. The Morgan fingerprint density at radius 3 is 2.44 bits per heavy atom. The second-order valence-electron chi connectivity index (χ2n) is 7.60. The third-order valence-electron chi connectivity index (χ3n) is 4.60. The van der Waals surface area contributed by atoms with Gasteiger partial charge in [0.15, 0.2) is 5.13 Å². The van der Waals surface area contributed by atoms with Gasteiger partial charge in [-0.05, 0) is 55.5 Å². The van der Waals surface area contributed by atoms with Crippen LogP contribution in [0.1, 0.15) is 27.4 Å². The normalized spacial score (nSPS) is 10.8. The summed E-state index contributed by atoms with van der Waals surface area (Å²) >= 11 is 2.85. The fraction of sp³-hybridized carbons (Fsp3) is 0.217. The number of aryl methyl sites for hydroxylation is 3. The monoisotopic (exact) mass is 465 g/mol. The number of benzene rings is 1. The number of thiophene rings is 1. The lowest BCUT2D eigenvalue weighted by Crippen LogP contribution is -2.17. The maximum Gasteiger partial charge on any atom is 0.231 e. The molecule has 2 N–H and O–H groups in total. The van der Waals surface area contributed by atoms with Gasteiger partial charge in [-0.2, -0.15) is 5.10 Å². The van der Waals surface area contributed by atoms with Gasteiger partial charge in [0.25, 0.3) is 0 Å². The van der Waals surface area contributed by atoms with Crippen LogP contribution in [0.4, 0.5) is 10.9 Å². The van der Waals surface area contributed by atoms with Gasteiger partial charge in [0, 0.05) is 16.3 Å². The summed E-state index contributed by atoms with van der Waals surface area (Å²) in [5, 5.41) is 14.5. The van der Waals surface area contributed by atoms with Crippen molar-refractivity contribution in [1.82, 2.24) is 14.8 Å². The first-order valence-corrected chi connectivity index (χ1v) is 11.8. The number of nitrogens with one attached hydrogen (secondary N) is 2. The SMILES string of the molecule is Cc1cc(C)cc(-n2nc(C)cc2NC(=O)Cc2csc(NC(=O)Cc3cccs3)n2)c1. The molecule has 0 bridgehead atoms. The first-order chi connectivity index (χ1) is 15.4. The fourth-order valence-corrected chi connectivity index (χ4v) is 4.82. The van der Waals surface area contributed by atoms with E-state index in [1.165, 1.54) is 11.3 Å². The van der Waals surface area contributed by atoms with E-state index in [9.17, 15) is 9.59 Å². The third-order valence-corrected chi connectivity index (χ3v) is 6.29. The van der Waals surface area contributed by atoms with Crippen molar-refractivity contribution in [2.75, 3.05) is 10.6 Å². The van der Waals surface area contributed by atoms with Gasteiger partial charge in [0.05, 0.1) is 29.9 Å². The van der Waals surface area contributed by atoms with E-state index < -0.39 is 0 Å². The topological polar surface area (TPSA) is 88.9 Å². The largest absolute Gasteiger partial charge is 0.310 e. The maximum atomic E-state index is 12.7. The Labute approximate surface area is 194 Å². The average Bonchev–Trinajstić information content (AvgIpc) is 3.43. The first kappa shape index (κ1) is 21.9. The number of carbonyl (C=O) groups excluding carboxylic acids is 2. The van der Waals surface area contributed by atoms with Crippen LogP contribution < -0.4 is 10.6 Å². The molecule has 0 aliphatic rings. The number of carbonyl (C=O) groups is 2. The molecule has 9 heteroatoms. The number of anilines is 2. The Bertz CT molecular complexity index is 1240. The number of amides is 2. The van der Waals surface area contributed by atoms with Crippen molar-refractivity contribution >= 4 is 45.4 Å². The van der Waals surface area contributed by atoms with Crippen LogP contribution in [0.5, 0.6) is 0 Å². The lowest BCUT2D eigenvalue weighted by atomic mass is 10.1. The van der Waals surface area contributed by atoms with Crippen LogP contribution in [0.2, 0.25) is 0 Å². The van der Waals surface area contributed by atoms with Crippen LogP contribution in [-0.4, -0.2) is 26.6 Å². The minimum atomic E-state index is -0.197. The van der Waals surface area contributed by atoms with Gasteiger partial charge < -0.3 is 10.6 Å². The van der Waals surface area contributed by atoms with Crippen molar-refractivity contribution in [3.8, 4) is 5.69 Å². The van der Waals surface area contributed by atoms with E-state index in [-0.39, 0.29) is 18.2 Å². The van der Waals surface area contributed by atoms with Gasteiger partial charge >= 0.3 is 0 Å². The first-order valence-electron chi connectivity index (χ1n) is 10.1. The van der Waals surface area contributed by atoms with Crippen LogP contribution in [0, 0.1) is 20.8 Å². The quantitative estimate of drug-likeness (QED) is 0.415. The lowest BCUT2D eigenvalue weighted by Gasteiger charge is -2.10. The van der Waals surface area contributed by atoms with E-state index in [2.05, 4.69) is 26.8 Å². The average molecular weight is 466 g/mol. The zero-order valence-electron chi connectivity index (χ0n) is 18.0. The molecule has 1 aromatic carbocycles. The number of hydrogen-bond acceptors (Lipinski definition) is 6. The Hall–Kier alpha value is -3.30. The summed E-state index contributed by atoms with van der Waals surface area (Å²) in [7, 11) is 0. The van der Waals surface area contributed by atoms with Crippen LogP contribution in [0.25, 0.3) is 5.69 Å². The van der Waals surface area contributed by atoms with Gasteiger partial charge in [-0.1, -0.05) is 12.1 Å². The Morgan fingerprint density at radius 2 is 1.72 bits per heavy atom. The van der Waals surface area contributed by atoms with Crippen LogP contribution >= 0.6 is 22.7 Å². The summed E-state index contributed by atoms with van der Waals surface area (Å²) in [6, 6.07) is 11.8. The van der Waals surface area contributed by atoms with E-state index in [4.69, 9.17) is 0 Å². The van der Waals surface area contributed by atoms with E-state index in [1.54, 1.807) is 21.4 Å². The molecule has 3 heterocycles. The molecular weight excluding hydrogens is 442 g/mol. The van der Waals surface area contributed by atoms with Gasteiger partial charge in [-0.3, -0.25) is 9.59 Å². The predicted octanol–water partition coefficient (Wildman–Crippen LogP) is 4.68. The molecule has 32 heavy (non-hydrogen) atoms. The van der Waals surface area contributed by atoms with E-state index >= 15 is 0 Å². The van der Waals surface area contributed by atoms with Gasteiger partial charge in [0.2, 0.25) is 11.8 Å². The molecule has 4 rings (SSSR count). The molecule has 3 aromatic heterocycles. The highest BCUT2D eigenvalue weighted by molar-refractivity contribution is 7.14. The molecule has 7 nitrogen and oxygen atoms in total. The van der Waals surface area contributed by atoms with Gasteiger partial charge in [-0.15, -0.1) is 22.7 Å². The lowest BCUT2D eigenvalue weighted by molar-refractivity contribution is -0.116. The van der Waals surface area contributed by atoms with Crippen molar-refractivity contribution in [2.24, 2.45) is 0 Å². The summed E-state index contributed by atoms with van der Waals surface area (Å²) in [5.41, 5.74) is 4.57. The second kappa shape index (κ2) is 9.46. The Morgan fingerprint density at radius 1 is 0.969 bits per heavy atom. The highest BCUT2D eigenvalue weighted by Crippen LogP contribution is 2.21. The maximum absolute atomic E-state index is 12.7. The highest BCUT2D eigenvalue weighted by atomic mass is 32.1. The summed E-state index contributed by atoms with van der Waals surface area (Å²) in [5.74, 6) is 0.292. The zero-order valence-corrected chi connectivity index (χ0v) is 19.6. The van der Waals surface area contributed by atoms with Crippen LogP contribution in [-0.2, 0) is 22.4 Å². The van der Waals surface area contributed by atoms with E-state index in [0.717, 1.165) is 27.4 Å². The van der Waals surface area contributed by atoms with E-state index in [1.807, 2.05) is 56.5 Å². The molecule has 0 radical (unpaired) electrons. The van der Waals surface area contributed by atoms with Crippen molar-refractivity contribution in [3.63, 3.8) is 0 Å². The van der Waals surface area contributed by atoms with Crippen LogP contribution in [0.3, 0.4) is 0 Å². The standard InChI is InChI=1S/C23H23N5O2S2/c1-14-7-15(2)9-18(8-14)28-20(10-16(3)27-28)25-21(29)11-17-13-32-23(24-17)26-22(30)12-19-5-4-6-31-19/h4-10,13H,11-12H2,1-3H3,(H,25,29)(H,24,26,30). The van der Waals surface area contributed by atoms with Crippen LogP contribution in [0.15, 0.2) is 47.2 Å². The molecule has 0 spiro atoms. The predicted molar refractivity (Wildman–Crippen MR) is 129 cm³/mol. The molecule has 0 atom stereocenters. The highest BCUT2D eigenvalue weighted by Gasteiger charge is 2.14. The number of aromatic nitrogens is 3. The molecule has 0 aliphatic carbocycles. The van der Waals surface area contributed by atoms with Gasteiger partial charge in [-0.25, -0.2) is 9.67 Å². The summed E-state index contributed by atoms with van der Waals surface area (Å²) < 4.78 is 1.74. The molecular formula is C23H23N5O2S2.